The summed E-state index contributed by atoms with van der Waals surface area (Å²) in [5, 5.41) is 36.7. The second-order valence-electron chi connectivity index (χ2n) is 9.04. The Balaban J connectivity index is 1.32. The second-order valence-corrected chi connectivity index (χ2v) is 10.5. The summed E-state index contributed by atoms with van der Waals surface area (Å²) in [4.78, 5) is 0. The quantitative estimate of drug-likeness (QED) is 0.141. The first-order valence-electron chi connectivity index (χ1n) is 13.1. The lowest BCUT2D eigenvalue weighted by Crippen LogP contribution is -2.07. The van der Waals surface area contributed by atoms with Gasteiger partial charge in [0.1, 0.15) is 64.5 Å². The predicted octanol–water partition coefficient (Wildman–Crippen LogP) is 8.40. The highest BCUT2D eigenvalue weighted by molar-refractivity contribution is 7.49. The van der Waals surface area contributed by atoms with E-state index >= 15 is 0 Å². The molecule has 216 valence electrons. The molecule has 0 aromatic heterocycles. The van der Waals surface area contributed by atoms with Crippen molar-refractivity contribution in [1.29, 1.82) is 21.0 Å². The molecule has 0 heterocycles. The summed E-state index contributed by atoms with van der Waals surface area (Å²) in [7, 11) is -4.30. The van der Waals surface area contributed by atoms with E-state index in [1.807, 2.05) is 24.3 Å². The van der Waals surface area contributed by atoms with Gasteiger partial charge >= 0.3 is 7.82 Å². The number of para-hydroxylation sites is 1. The number of ether oxygens (including phenoxy) is 2. The van der Waals surface area contributed by atoms with E-state index in [1.165, 1.54) is 48.5 Å². The lowest BCUT2D eigenvalue weighted by atomic mass is 10.1. The molecule has 0 aliphatic rings. The van der Waals surface area contributed by atoms with Crippen molar-refractivity contribution in [2.24, 2.45) is 0 Å². The summed E-state index contributed by atoms with van der Waals surface area (Å²) in [6.07, 6.45) is 0. The normalized spacial score (nSPS) is 10.2. The molecule has 0 bridgehead atoms. The van der Waals surface area contributed by atoms with E-state index in [0.29, 0.717) is 23.0 Å². The van der Waals surface area contributed by atoms with Crippen LogP contribution in [-0.4, -0.2) is 0 Å². The zero-order valence-corrected chi connectivity index (χ0v) is 24.0. The molecule has 0 aliphatic heterocycles. The zero-order chi connectivity index (χ0) is 31.6. The third-order valence-electron chi connectivity index (χ3n) is 5.98. The van der Waals surface area contributed by atoms with Crippen LogP contribution in [0.5, 0.6) is 40.2 Å². The maximum Gasteiger partial charge on any atom is 0.647 e. The first-order chi connectivity index (χ1) is 21.9. The molecule has 0 atom stereocenters. The highest BCUT2D eigenvalue weighted by Crippen LogP contribution is 2.50. The minimum absolute atomic E-state index is 0.160. The van der Waals surface area contributed by atoms with Crippen molar-refractivity contribution in [2.45, 2.75) is 0 Å². The van der Waals surface area contributed by atoms with Crippen molar-refractivity contribution in [2.75, 3.05) is 0 Å². The predicted molar refractivity (Wildman–Crippen MR) is 161 cm³/mol. The van der Waals surface area contributed by atoms with Gasteiger partial charge in [-0.15, -0.1) is 0 Å². The Kier molecular flexibility index (Phi) is 8.94. The third kappa shape index (κ3) is 7.58. The molecule has 0 fully saturated rings. The van der Waals surface area contributed by atoms with Crippen molar-refractivity contribution in [3.63, 3.8) is 0 Å². The molecule has 10 nitrogen and oxygen atoms in total. The zero-order valence-electron chi connectivity index (χ0n) is 23.2. The van der Waals surface area contributed by atoms with E-state index < -0.39 is 7.82 Å². The van der Waals surface area contributed by atoms with E-state index in [9.17, 15) is 15.1 Å². The van der Waals surface area contributed by atoms with Gasteiger partial charge in [-0.25, -0.2) is 0 Å². The maximum atomic E-state index is 13.9. The number of nitriles is 4. The molecule has 0 N–H and O–H groups in total. The van der Waals surface area contributed by atoms with Crippen LogP contribution in [0.25, 0.3) is 0 Å². The Bertz CT molecular complexity index is 1930. The van der Waals surface area contributed by atoms with Gasteiger partial charge in [0.05, 0.1) is 22.3 Å². The monoisotopic (exact) mass is 610 g/mol. The molecule has 45 heavy (non-hydrogen) atoms. The van der Waals surface area contributed by atoms with Gasteiger partial charge in [-0.2, -0.15) is 25.6 Å². The Hall–Kier alpha value is -6.71. The molecule has 0 amide bonds. The molecule has 11 heteroatoms. The molecule has 0 aliphatic carbocycles. The number of benzene rings is 5. The van der Waals surface area contributed by atoms with E-state index in [4.69, 9.17) is 33.6 Å². The molecule has 5 rings (SSSR count). The van der Waals surface area contributed by atoms with Gasteiger partial charge in [-0.3, -0.25) is 0 Å². The van der Waals surface area contributed by atoms with Gasteiger partial charge in [-0.05, 0) is 97.1 Å². The van der Waals surface area contributed by atoms with Crippen molar-refractivity contribution >= 4 is 7.82 Å². The minimum atomic E-state index is -4.30. The van der Waals surface area contributed by atoms with Gasteiger partial charge in [0.2, 0.25) is 0 Å². The average Bonchev–Trinajstić information content (AvgIpc) is 3.06. The molecular weight excluding hydrogens is 591 g/mol. The number of nitrogens with zero attached hydrogens (tertiary/aromatic N) is 4. The standard InChI is InChI=1S/C34H19N4O6P/c35-20-24-6-8-33(18-26(24)22-37)40-28-10-14-31(15-11-28)43-45(39,42-30-4-2-1-3-5-30)44-32-16-12-29(13-17-32)41-34-9-7-25(21-36)27(19-34)23-38/h1-19H. The van der Waals surface area contributed by atoms with Crippen LogP contribution in [0, 0.1) is 45.3 Å². The van der Waals surface area contributed by atoms with Crippen LogP contribution in [-0.2, 0) is 4.57 Å². The Morgan fingerprint density at radius 3 is 1.11 bits per heavy atom. The first kappa shape index (κ1) is 29.8. The fourth-order valence-electron chi connectivity index (χ4n) is 3.89. The SMILES string of the molecule is N#Cc1ccc(Oc2ccc(OP(=O)(Oc3ccccc3)Oc3ccc(Oc4ccc(C#N)c(C#N)c4)cc3)cc2)cc1C#N. The largest absolute Gasteiger partial charge is 0.647 e. The molecule has 5 aromatic rings. The Morgan fingerprint density at radius 2 is 0.733 bits per heavy atom. The molecular formula is C34H19N4O6P. The molecule has 0 radical (unpaired) electrons. The topological polar surface area (TPSA) is 158 Å². The van der Waals surface area contributed by atoms with Gasteiger partial charge in [0, 0.05) is 0 Å². The molecule has 0 saturated heterocycles. The van der Waals surface area contributed by atoms with Gasteiger partial charge < -0.3 is 23.0 Å². The van der Waals surface area contributed by atoms with Crippen LogP contribution in [0.1, 0.15) is 22.3 Å². The maximum absolute atomic E-state index is 13.9. The van der Waals surface area contributed by atoms with Crippen LogP contribution in [0.3, 0.4) is 0 Å². The van der Waals surface area contributed by atoms with Gasteiger partial charge in [-0.1, -0.05) is 18.2 Å². The van der Waals surface area contributed by atoms with Crippen molar-refractivity contribution in [1.82, 2.24) is 0 Å². The summed E-state index contributed by atoms with van der Waals surface area (Å²) in [6, 6.07) is 37.6. The lowest BCUT2D eigenvalue weighted by molar-refractivity contribution is 0.298. The summed E-state index contributed by atoms with van der Waals surface area (Å²) in [5.41, 5.74) is 0.858. The number of phosphoric ester groups is 1. The fraction of sp³-hybridized carbons (Fsp3) is 0. The summed E-state index contributed by atoms with van der Waals surface area (Å²) in [5.74, 6) is 2.09. The van der Waals surface area contributed by atoms with Crippen molar-refractivity contribution in [3.05, 3.63) is 138 Å². The molecule has 0 unspecified atom stereocenters. The summed E-state index contributed by atoms with van der Waals surface area (Å²) < 4.78 is 42.6. The summed E-state index contributed by atoms with van der Waals surface area (Å²) in [6.45, 7) is 0. The van der Waals surface area contributed by atoms with Crippen LogP contribution in [0.2, 0.25) is 0 Å². The van der Waals surface area contributed by atoms with Gasteiger partial charge in [0.15, 0.2) is 0 Å². The van der Waals surface area contributed by atoms with E-state index in [1.54, 1.807) is 66.7 Å². The number of hydrogen-bond donors (Lipinski definition) is 0. The average molecular weight is 611 g/mol. The molecule has 5 aromatic carbocycles. The van der Waals surface area contributed by atoms with E-state index in [0.717, 1.165) is 0 Å². The molecule has 0 spiro atoms. The second kappa shape index (κ2) is 13.5. The lowest BCUT2D eigenvalue weighted by Gasteiger charge is -2.19. The Morgan fingerprint density at radius 1 is 0.400 bits per heavy atom. The van der Waals surface area contributed by atoms with Crippen LogP contribution in [0.15, 0.2) is 115 Å². The number of phosphoric acid groups is 1. The van der Waals surface area contributed by atoms with E-state index in [2.05, 4.69) is 0 Å². The highest BCUT2D eigenvalue weighted by atomic mass is 31.2. The Labute approximate surface area is 258 Å². The van der Waals surface area contributed by atoms with Crippen molar-refractivity contribution in [3.8, 4) is 64.5 Å². The third-order valence-corrected chi connectivity index (χ3v) is 7.28. The first-order valence-corrected chi connectivity index (χ1v) is 14.5. The van der Waals surface area contributed by atoms with E-state index in [-0.39, 0.29) is 39.5 Å². The molecule has 0 saturated carbocycles. The van der Waals surface area contributed by atoms with Gasteiger partial charge in [0.25, 0.3) is 0 Å². The number of rotatable bonds is 10. The van der Waals surface area contributed by atoms with Crippen LogP contribution < -0.4 is 23.0 Å². The number of hydrogen-bond acceptors (Lipinski definition) is 10. The smallest absolute Gasteiger partial charge is 0.457 e. The fourth-order valence-corrected chi connectivity index (χ4v) is 5.14. The van der Waals surface area contributed by atoms with Crippen LogP contribution in [0.4, 0.5) is 0 Å². The minimum Gasteiger partial charge on any atom is -0.457 e. The van der Waals surface area contributed by atoms with Crippen molar-refractivity contribution < 1.29 is 27.6 Å². The highest BCUT2D eigenvalue weighted by Gasteiger charge is 2.33. The summed E-state index contributed by atoms with van der Waals surface area (Å²) >= 11 is 0. The van der Waals surface area contributed by atoms with Crippen LogP contribution >= 0.6 is 7.82 Å².